The molecular weight excluding hydrogens is 1050 g/mol. The Morgan fingerprint density at radius 1 is 0.610 bits per heavy atom. The van der Waals surface area contributed by atoms with Crippen molar-refractivity contribution in [3.05, 3.63) is 107 Å². The lowest BCUT2D eigenvalue weighted by atomic mass is 9.53. The molecule has 6 aliphatic carbocycles. The molecule has 0 aliphatic heterocycles. The number of aromatic nitrogens is 4. The van der Waals surface area contributed by atoms with Crippen LogP contribution in [-0.4, -0.2) is 121 Å². The van der Waals surface area contributed by atoms with Gasteiger partial charge in [0.2, 0.25) is 0 Å². The Labute approximate surface area is 476 Å². The molecular formula is C61H78N8O13. The first kappa shape index (κ1) is 59.0. The average molecular weight is 1130 g/mol. The van der Waals surface area contributed by atoms with Crippen LogP contribution in [0.3, 0.4) is 0 Å². The lowest BCUT2D eigenvalue weighted by molar-refractivity contribution is -0.0840. The normalized spacial score (nSPS) is 23.2. The fourth-order valence-electron chi connectivity index (χ4n) is 12.0. The van der Waals surface area contributed by atoms with Crippen molar-refractivity contribution < 1.29 is 62.9 Å². The second-order valence-corrected chi connectivity index (χ2v) is 24.4. The van der Waals surface area contributed by atoms with E-state index in [-0.39, 0.29) is 55.8 Å². The summed E-state index contributed by atoms with van der Waals surface area (Å²) in [7, 11) is 3.09. The summed E-state index contributed by atoms with van der Waals surface area (Å²) in [5, 5.41) is 41.0. The number of nitrogens with two attached hydrogens (primary N) is 3. The maximum absolute atomic E-state index is 13.2. The van der Waals surface area contributed by atoms with E-state index in [9.17, 15) is 34.5 Å². The number of ether oxygens (including phenoxy) is 6. The number of pyridine rings is 2. The Balaban J connectivity index is 0.000000162. The van der Waals surface area contributed by atoms with Gasteiger partial charge in [0.05, 0.1) is 76.9 Å². The molecule has 2 aromatic carbocycles. The minimum absolute atomic E-state index is 0. The molecule has 440 valence electrons. The van der Waals surface area contributed by atoms with Crippen molar-refractivity contribution in [2.75, 3.05) is 27.4 Å². The lowest BCUT2D eigenvalue weighted by Crippen LogP contribution is -2.58. The zero-order valence-corrected chi connectivity index (χ0v) is 46.7. The molecule has 2 spiro atoms. The number of methoxy groups -OCH3 is 2. The number of primary amides is 2. The molecule has 4 aromatic heterocycles. The van der Waals surface area contributed by atoms with Crippen molar-refractivity contribution in [2.24, 2.45) is 28.0 Å². The molecule has 6 fully saturated rings. The second kappa shape index (κ2) is 23.0. The van der Waals surface area contributed by atoms with Crippen LogP contribution in [0.1, 0.15) is 177 Å². The SMILES string of the molecule is C.CC(C)(O)COc1ccc2c(C(=O)O)cnn2c1C1CC1.COc1cccc(C(N)=O)c1OC1CC2(CC(N)C2)C1.COc1cccc(C(N)=O)c1OC1CC2(CC(NC(=O)c3cnn4c(C5CC5)c(OCC(C)(C)O)ccc34)C2)C1. The van der Waals surface area contributed by atoms with Crippen molar-refractivity contribution in [3.63, 3.8) is 0 Å². The van der Waals surface area contributed by atoms with E-state index in [1.807, 2.05) is 16.6 Å². The molecule has 21 heteroatoms. The Bertz CT molecular complexity index is 3340. The van der Waals surface area contributed by atoms with Gasteiger partial charge in [-0.25, -0.2) is 13.8 Å². The van der Waals surface area contributed by atoms with Gasteiger partial charge in [-0.3, -0.25) is 14.4 Å². The van der Waals surface area contributed by atoms with E-state index in [2.05, 4.69) is 15.5 Å². The molecule has 21 nitrogen and oxygen atoms in total. The highest BCUT2D eigenvalue weighted by Crippen LogP contribution is 2.58. The van der Waals surface area contributed by atoms with Crippen LogP contribution in [0.5, 0.6) is 34.5 Å². The molecule has 4 heterocycles. The first-order valence-corrected chi connectivity index (χ1v) is 27.7. The highest BCUT2D eigenvalue weighted by atomic mass is 16.5. The number of fused-ring (bicyclic) bond motifs is 2. The predicted octanol–water partition coefficient (Wildman–Crippen LogP) is 7.73. The minimum atomic E-state index is -0.989. The van der Waals surface area contributed by atoms with Crippen LogP contribution in [-0.2, 0) is 0 Å². The van der Waals surface area contributed by atoms with Crippen molar-refractivity contribution in [3.8, 4) is 34.5 Å². The van der Waals surface area contributed by atoms with E-state index in [1.165, 1.54) is 13.3 Å². The third-order valence-corrected chi connectivity index (χ3v) is 16.1. The first-order chi connectivity index (χ1) is 38.4. The zero-order chi connectivity index (χ0) is 57.8. The fourth-order valence-corrected chi connectivity index (χ4v) is 12.0. The van der Waals surface area contributed by atoms with Crippen LogP contribution in [0.25, 0.3) is 11.0 Å². The van der Waals surface area contributed by atoms with Crippen molar-refractivity contribution >= 4 is 34.7 Å². The Morgan fingerprint density at radius 2 is 1.02 bits per heavy atom. The molecule has 0 atom stereocenters. The summed E-state index contributed by atoms with van der Waals surface area (Å²) >= 11 is 0. The van der Waals surface area contributed by atoms with Crippen LogP contribution < -0.4 is 50.9 Å². The van der Waals surface area contributed by atoms with Gasteiger partial charge in [0.15, 0.2) is 23.0 Å². The minimum Gasteiger partial charge on any atom is -0.493 e. The van der Waals surface area contributed by atoms with Crippen LogP contribution in [0.2, 0.25) is 0 Å². The largest absolute Gasteiger partial charge is 0.493 e. The quantitative estimate of drug-likeness (QED) is 0.0408. The second-order valence-electron chi connectivity index (χ2n) is 24.4. The molecule has 0 unspecified atom stereocenters. The smallest absolute Gasteiger partial charge is 0.339 e. The number of nitrogens with zero attached hydrogens (tertiary/aromatic N) is 4. The van der Waals surface area contributed by atoms with Crippen LogP contribution >= 0.6 is 0 Å². The summed E-state index contributed by atoms with van der Waals surface area (Å²) in [6, 6.07) is 17.9. The number of benzene rings is 2. The van der Waals surface area contributed by atoms with Gasteiger partial charge in [0.25, 0.3) is 17.7 Å². The summed E-state index contributed by atoms with van der Waals surface area (Å²) in [5.74, 6) is 1.77. The number of carbonyl (C=O) groups is 4. The lowest BCUT2D eigenvalue weighted by Gasteiger charge is -2.57. The number of amides is 3. The third-order valence-electron chi connectivity index (χ3n) is 16.1. The van der Waals surface area contributed by atoms with E-state index in [4.69, 9.17) is 45.6 Å². The Morgan fingerprint density at radius 3 is 1.40 bits per heavy atom. The molecule has 6 aliphatic rings. The third kappa shape index (κ3) is 12.7. The van der Waals surface area contributed by atoms with Crippen LogP contribution in [0.4, 0.5) is 0 Å². The van der Waals surface area contributed by atoms with Gasteiger partial charge < -0.3 is 66.3 Å². The van der Waals surface area contributed by atoms with E-state index in [0.29, 0.717) is 80.0 Å². The summed E-state index contributed by atoms with van der Waals surface area (Å²) < 4.78 is 37.9. The topological polar surface area (TPSA) is 309 Å². The van der Waals surface area contributed by atoms with Gasteiger partial charge >= 0.3 is 5.97 Å². The number of aromatic carboxylic acids is 1. The predicted molar refractivity (Wildman–Crippen MR) is 304 cm³/mol. The van der Waals surface area contributed by atoms with Gasteiger partial charge in [-0.05, 0) is 164 Å². The summed E-state index contributed by atoms with van der Waals surface area (Å²) in [5.41, 5.74) is 20.0. The number of nitrogens with one attached hydrogen (secondary N) is 1. The van der Waals surface area contributed by atoms with Crippen molar-refractivity contribution in [1.82, 2.24) is 24.5 Å². The van der Waals surface area contributed by atoms with Gasteiger partial charge in [-0.15, -0.1) is 0 Å². The summed E-state index contributed by atoms with van der Waals surface area (Å²) in [4.78, 5) is 47.8. The van der Waals surface area contributed by atoms with Crippen molar-refractivity contribution in [1.29, 1.82) is 0 Å². The molecule has 6 saturated carbocycles. The maximum Gasteiger partial charge on any atom is 0.339 e. The number of carbonyl (C=O) groups excluding carboxylic acids is 3. The number of aliphatic hydroxyl groups is 2. The number of para-hydroxylation sites is 2. The first-order valence-electron chi connectivity index (χ1n) is 27.7. The standard InChI is InChI=1S/C30H36N4O6.C15H18N2O4.C15H20N2O3.CH4/c1-29(2,37)16-39-23-10-9-22-21(15-32-34(22)25(23)17-7-8-17)28(36)33-18-11-30(12-18)13-19(14-30)40-26-20(27(31)35)5-4-6-24(26)38-3;1-15(2,20)8-21-12-6-5-11-10(14(18)19)7-16-17(11)13(12)9-3-4-9;1-19-12-4-2-3-11(14(17)18)13(12)20-10-7-15(8-10)5-9(16)6-15;/h4-6,9-10,15,17-19,37H,7-8,11-14,16H2,1-3H3,(H2,31,35)(H,33,36);5-7,9,20H,3-4,8H2,1-2H3,(H,18,19);2-4,9-10H,5-8,16H2,1H3,(H2,17,18);1H4. The van der Waals surface area contributed by atoms with Gasteiger partial charge in [0, 0.05) is 23.9 Å². The molecule has 0 radical (unpaired) electrons. The number of carboxylic acids is 1. The fraction of sp³-hybridized carbons (Fsp3) is 0.508. The summed E-state index contributed by atoms with van der Waals surface area (Å²) in [6.45, 7) is 7.12. The molecule has 6 aromatic rings. The summed E-state index contributed by atoms with van der Waals surface area (Å²) in [6.07, 6.45) is 14.9. The Hall–Kier alpha value is -7.62. The molecule has 82 heavy (non-hydrogen) atoms. The molecule has 3 amide bonds. The van der Waals surface area contributed by atoms with Crippen molar-refractivity contribution in [2.45, 2.75) is 160 Å². The Kier molecular flexibility index (Phi) is 16.5. The zero-order valence-electron chi connectivity index (χ0n) is 46.7. The number of hydrogen-bond donors (Lipinski definition) is 7. The van der Waals surface area contributed by atoms with Crippen LogP contribution in [0, 0.1) is 10.8 Å². The van der Waals surface area contributed by atoms with Gasteiger partial charge in [-0.1, -0.05) is 19.6 Å². The van der Waals surface area contributed by atoms with Crippen LogP contribution in [0.15, 0.2) is 73.1 Å². The highest BCUT2D eigenvalue weighted by Gasteiger charge is 2.55. The van der Waals surface area contributed by atoms with E-state index in [0.717, 1.165) is 94.0 Å². The maximum atomic E-state index is 13.2. The van der Waals surface area contributed by atoms with E-state index in [1.54, 1.807) is 94.0 Å². The highest BCUT2D eigenvalue weighted by molar-refractivity contribution is 6.01. The number of rotatable bonds is 19. The molecule has 0 bridgehead atoms. The average Bonchev–Trinajstić information content (AvgIpc) is 4.51. The molecule has 0 saturated heterocycles. The number of carboxylic acid groups (broad SMARTS) is 1. The monoisotopic (exact) mass is 1130 g/mol. The van der Waals surface area contributed by atoms with Gasteiger partial charge in [0.1, 0.15) is 42.5 Å². The molecule has 10 N–H and O–H groups in total. The molecule has 12 rings (SSSR count). The van der Waals surface area contributed by atoms with Gasteiger partial charge in [-0.2, -0.15) is 10.2 Å². The van der Waals surface area contributed by atoms with E-state index >= 15 is 0 Å². The number of hydrogen-bond acceptors (Lipinski definition) is 15. The van der Waals surface area contributed by atoms with E-state index < -0.39 is 29.0 Å².